The average molecular weight is 429 g/mol. The van der Waals surface area contributed by atoms with Crippen molar-refractivity contribution in [1.82, 2.24) is 10.2 Å². The fourth-order valence-electron chi connectivity index (χ4n) is 5.29. The number of rotatable bonds is 5. The van der Waals surface area contributed by atoms with E-state index >= 15 is 0 Å². The maximum Gasteiger partial charge on any atom is 0.326 e. The molecule has 1 aromatic carbocycles. The van der Waals surface area contributed by atoms with E-state index in [1.54, 1.807) is 6.07 Å². The minimum Gasteiger partial charge on any atom is -0.453 e. The summed E-state index contributed by atoms with van der Waals surface area (Å²) < 4.78 is 5.30. The molecule has 1 aliphatic heterocycles. The molecule has 1 aromatic rings. The number of aryl methyl sites for hydroxylation is 2. The first kappa shape index (κ1) is 23.0. The number of hydrogen-bond donors (Lipinski definition) is 1. The lowest BCUT2D eigenvalue weighted by Gasteiger charge is -2.43. The number of hydrogen-bond acceptors (Lipinski definition) is 5. The van der Waals surface area contributed by atoms with E-state index in [4.69, 9.17) is 4.74 Å². The number of urea groups is 1. The lowest BCUT2D eigenvalue weighted by atomic mass is 9.64. The van der Waals surface area contributed by atoms with Crippen LogP contribution in [0.3, 0.4) is 0 Å². The maximum absolute atomic E-state index is 13.2. The summed E-state index contributed by atoms with van der Waals surface area (Å²) in [5.41, 5.74) is 1.15. The van der Waals surface area contributed by atoms with Crippen LogP contribution in [0.25, 0.3) is 0 Å². The van der Waals surface area contributed by atoms with Crippen LogP contribution in [0.1, 0.15) is 68.4 Å². The molecule has 1 heterocycles. The highest BCUT2D eigenvalue weighted by molar-refractivity contribution is 6.09. The van der Waals surface area contributed by atoms with Crippen molar-refractivity contribution in [2.45, 2.75) is 72.4 Å². The molecule has 1 spiro atoms. The largest absolute Gasteiger partial charge is 0.453 e. The Kier molecular flexibility index (Phi) is 6.00. The van der Waals surface area contributed by atoms with Gasteiger partial charge in [0.25, 0.3) is 5.91 Å². The van der Waals surface area contributed by atoms with Crippen LogP contribution in [0.4, 0.5) is 4.79 Å². The Bertz CT molecular complexity index is 938. The van der Waals surface area contributed by atoms with E-state index in [0.29, 0.717) is 18.4 Å². The van der Waals surface area contributed by atoms with Gasteiger partial charge < -0.3 is 10.1 Å². The van der Waals surface area contributed by atoms with Gasteiger partial charge in [-0.3, -0.25) is 19.3 Å². The van der Waals surface area contributed by atoms with Crippen LogP contribution in [0, 0.1) is 25.2 Å². The van der Waals surface area contributed by atoms with Crippen molar-refractivity contribution in [2.24, 2.45) is 11.3 Å². The van der Waals surface area contributed by atoms with E-state index in [2.05, 4.69) is 26.1 Å². The summed E-state index contributed by atoms with van der Waals surface area (Å²) in [6.45, 7) is 10.9. The second-order valence-corrected chi connectivity index (χ2v) is 10.1. The molecule has 168 valence electrons. The fraction of sp³-hybridized carbons (Fsp3) is 0.583. The standard InChI is InChI=1S/C24H32N2O5/c1-14-7-8-16(3)18(9-14)20(28)17(4)31-19(27)12-26-21(29)24(25-22(26)30)11-15(2)10-23(5,6)13-24/h7-9,15,17H,10-13H2,1-6H3,(H,25,30)/t15-,17-,24-/m1/s1. The van der Waals surface area contributed by atoms with Crippen LogP contribution in [0.5, 0.6) is 0 Å². The molecule has 1 saturated heterocycles. The van der Waals surface area contributed by atoms with Crippen molar-refractivity contribution in [2.75, 3.05) is 6.54 Å². The Morgan fingerprint density at radius 3 is 2.55 bits per heavy atom. The SMILES string of the molecule is Cc1ccc(C)c(C(=O)[C@@H](C)OC(=O)CN2C(=O)N[C@@]3(C[C@H](C)CC(C)(C)C3)C2=O)c1. The fourth-order valence-corrected chi connectivity index (χ4v) is 5.29. The van der Waals surface area contributed by atoms with Gasteiger partial charge in [-0.2, -0.15) is 0 Å². The van der Waals surface area contributed by atoms with Gasteiger partial charge in [0.2, 0.25) is 5.78 Å². The van der Waals surface area contributed by atoms with Crippen LogP contribution in [0.15, 0.2) is 18.2 Å². The Morgan fingerprint density at radius 2 is 1.90 bits per heavy atom. The Balaban J connectivity index is 1.68. The predicted octanol–water partition coefficient (Wildman–Crippen LogP) is 3.55. The number of amides is 3. The second kappa shape index (κ2) is 8.09. The zero-order valence-electron chi connectivity index (χ0n) is 19.2. The first-order valence-electron chi connectivity index (χ1n) is 10.8. The highest BCUT2D eigenvalue weighted by Crippen LogP contribution is 2.46. The summed E-state index contributed by atoms with van der Waals surface area (Å²) >= 11 is 0. The number of carbonyl (C=O) groups is 4. The number of esters is 1. The molecule has 31 heavy (non-hydrogen) atoms. The number of nitrogens with zero attached hydrogens (tertiary/aromatic N) is 1. The molecule has 3 amide bonds. The number of nitrogens with one attached hydrogen (secondary N) is 1. The lowest BCUT2D eigenvalue weighted by molar-refractivity contribution is -0.150. The topological polar surface area (TPSA) is 92.8 Å². The van der Waals surface area contributed by atoms with Crippen molar-refractivity contribution in [3.63, 3.8) is 0 Å². The maximum atomic E-state index is 13.2. The van der Waals surface area contributed by atoms with E-state index < -0.39 is 30.2 Å². The first-order chi connectivity index (χ1) is 14.3. The Hall–Kier alpha value is -2.70. The Labute approximate surface area is 183 Å². The molecule has 1 aliphatic carbocycles. The third kappa shape index (κ3) is 4.65. The summed E-state index contributed by atoms with van der Waals surface area (Å²) in [5, 5.41) is 2.84. The third-order valence-electron chi connectivity index (χ3n) is 6.25. The zero-order chi connectivity index (χ0) is 23.1. The molecule has 0 radical (unpaired) electrons. The third-order valence-corrected chi connectivity index (χ3v) is 6.25. The van der Waals surface area contributed by atoms with Crippen molar-refractivity contribution >= 4 is 23.7 Å². The van der Waals surface area contributed by atoms with Crippen LogP contribution in [-0.2, 0) is 14.3 Å². The zero-order valence-corrected chi connectivity index (χ0v) is 19.2. The first-order valence-corrected chi connectivity index (χ1v) is 10.8. The smallest absolute Gasteiger partial charge is 0.326 e. The summed E-state index contributed by atoms with van der Waals surface area (Å²) in [7, 11) is 0. The number of Topliss-reactive ketones (excluding diaryl/α,β-unsaturated/α-hetero) is 1. The van der Waals surface area contributed by atoms with E-state index in [9.17, 15) is 19.2 Å². The van der Waals surface area contributed by atoms with Crippen molar-refractivity contribution in [3.05, 3.63) is 34.9 Å². The number of ether oxygens (including phenoxy) is 1. The minimum absolute atomic E-state index is 0.0935. The molecule has 3 rings (SSSR count). The quantitative estimate of drug-likeness (QED) is 0.440. The molecule has 3 atom stereocenters. The molecule has 1 N–H and O–H groups in total. The summed E-state index contributed by atoms with van der Waals surface area (Å²) in [6, 6.07) is 4.93. The molecule has 0 bridgehead atoms. The van der Waals surface area contributed by atoms with Crippen LogP contribution in [-0.4, -0.2) is 46.8 Å². The van der Waals surface area contributed by atoms with Gasteiger partial charge in [0.15, 0.2) is 6.10 Å². The summed E-state index contributed by atoms with van der Waals surface area (Å²) in [4.78, 5) is 51.9. The van der Waals surface area contributed by atoms with Crippen molar-refractivity contribution in [3.8, 4) is 0 Å². The molecule has 0 unspecified atom stereocenters. The molecular formula is C24H32N2O5. The van der Waals surface area contributed by atoms with E-state index in [-0.39, 0.29) is 23.0 Å². The monoisotopic (exact) mass is 428 g/mol. The van der Waals surface area contributed by atoms with E-state index in [1.807, 2.05) is 26.0 Å². The molecule has 7 nitrogen and oxygen atoms in total. The Morgan fingerprint density at radius 1 is 1.23 bits per heavy atom. The summed E-state index contributed by atoms with van der Waals surface area (Å²) in [6.07, 6.45) is 1.03. The van der Waals surface area contributed by atoms with Gasteiger partial charge in [-0.25, -0.2) is 4.79 Å². The molecule has 7 heteroatoms. The highest BCUT2D eigenvalue weighted by atomic mass is 16.5. The molecule has 0 aromatic heterocycles. The van der Waals surface area contributed by atoms with Crippen molar-refractivity contribution in [1.29, 1.82) is 0 Å². The molecule has 1 saturated carbocycles. The van der Waals surface area contributed by atoms with Gasteiger partial charge in [0.05, 0.1) is 0 Å². The molecular weight excluding hydrogens is 396 g/mol. The number of imide groups is 1. The number of carbonyl (C=O) groups excluding carboxylic acids is 4. The predicted molar refractivity (Wildman–Crippen MR) is 116 cm³/mol. The summed E-state index contributed by atoms with van der Waals surface area (Å²) in [5.74, 6) is -1.21. The number of ketones is 1. The second-order valence-electron chi connectivity index (χ2n) is 10.1. The van der Waals surface area contributed by atoms with Gasteiger partial charge in [0.1, 0.15) is 12.1 Å². The van der Waals surface area contributed by atoms with E-state index in [1.165, 1.54) is 6.92 Å². The lowest BCUT2D eigenvalue weighted by Crippen LogP contribution is -2.54. The van der Waals surface area contributed by atoms with Gasteiger partial charge >= 0.3 is 12.0 Å². The van der Waals surface area contributed by atoms with Gasteiger partial charge in [-0.05, 0) is 63.0 Å². The van der Waals surface area contributed by atoms with Crippen LogP contribution in [0.2, 0.25) is 0 Å². The highest BCUT2D eigenvalue weighted by Gasteiger charge is 2.56. The van der Waals surface area contributed by atoms with Gasteiger partial charge in [-0.1, -0.05) is 38.5 Å². The van der Waals surface area contributed by atoms with Gasteiger partial charge in [-0.15, -0.1) is 0 Å². The normalized spacial score (nSPS) is 26.0. The van der Waals surface area contributed by atoms with Gasteiger partial charge in [0, 0.05) is 5.56 Å². The number of benzene rings is 1. The molecule has 2 aliphatic rings. The minimum atomic E-state index is -1.02. The van der Waals surface area contributed by atoms with Crippen molar-refractivity contribution < 1.29 is 23.9 Å². The average Bonchev–Trinajstić information content (AvgIpc) is 2.84. The van der Waals surface area contributed by atoms with Crippen LogP contribution >= 0.6 is 0 Å². The van der Waals surface area contributed by atoms with Crippen LogP contribution < -0.4 is 5.32 Å². The molecule has 2 fully saturated rings. The van der Waals surface area contributed by atoms with E-state index in [0.717, 1.165) is 22.4 Å².